The maximum absolute atomic E-state index is 10.5. The molecule has 3 rings (SSSR count). The van der Waals surface area contributed by atoms with Gasteiger partial charge < -0.3 is 5.11 Å². The summed E-state index contributed by atoms with van der Waals surface area (Å²) in [6.45, 7) is 1.72. The molecule has 0 spiro atoms. The van der Waals surface area contributed by atoms with Gasteiger partial charge in [-0.05, 0) is 54.8 Å². The quantitative estimate of drug-likeness (QED) is 0.916. The van der Waals surface area contributed by atoms with Gasteiger partial charge >= 0.3 is 0 Å². The number of hydrogen-bond acceptors (Lipinski definition) is 3. The van der Waals surface area contributed by atoms with Crippen LogP contribution >= 0.6 is 15.9 Å². The van der Waals surface area contributed by atoms with E-state index in [9.17, 15) is 5.11 Å². The molecule has 1 N–H and O–H groups in total. The molecule has 0 amide bonds. The standard InChI is InChI=1S/C17H19BrN2O/c18-15-5-3-14(4-6-15)17(21)12-20-11-1-2-16(20)13-7-9-19-10-8-13/h3-10,16-17,21H,1-2,11-12H2. The van der Waals surface area contributed by atoms with E-state index in [1.165, 1.54) is 12.0 Å². The van der Waals surface area contributed by atoms with Crippen LogP contribution in [0.2, 0.25) is 0 Å². The van der Waals surface area contributed by atoms with E-state index in [4.69, 9.17) is 0 Å². The summed E-state index contributed by atoms with van der Waals surface area (Å²) in [6.07, 6.45) is 5.57. The molecule has 21 heavy (non-hydrogen) atoms. The van der Waals surface area contributed by atoms with Gasteiger partial charge in [0.2, 0.25) is 0 Å². The number of aliphatic hydroxyl groups excluding tert-OH is 1. The van der Waals surface area contributed by atoms with Crippen molar-refractivity contribution in [2.24, 2.45) is 0 Å². The first-order valence-corrected chi connectivity index (χ1v) is 8.11. The highest BCUT2D eigenvalue weighted by Gasteiger charge is 2.27. The Bertz CT molecular complexity index is 573. The highest BCUT2D eigenvalue weighted by Crippen LogP contribution is 2.33. The van der Waals surface area contributed by atoms with Crippen molar-refractivity contribution >= 4 is 15.9 Å². The summed E-state index contributed by atoms with van der Waals surface area (Å²) < 4.78 is 1.04. The predicted octanol–water partition coefficient (Wildman–Crippen LogP) is 3.71. The molecule has 2 aromatic rings. The maximum atomic E-state index is 10.5. The van der Waals surface area contributed by atoms with Crippen molar-refractivity contribution in [1.82, 2.24) is 9.88 Å². The Morgan fingerprint density at radius 2 is 1.90 bits per heavy atom. The van der Waals surface area contributed by atoms with Crippen molar-refractivity contribution in [3.63, 3.8) is 0 Å². The lowest BCUT2D eigenvalue weighted by Gasteiger charge is -2.27. The molecule has 0 bridgehead atoms. The number of aliphatic hydroxyl groups is 1. The third-order valence-electron chi connectivity index (χ3n) is 4.12. The van der Waals surface area contributed by atoms with Gasteiger partial charge in [0.05, 0.1) is 6.10 Å². The van der Waals surface area contributed by atoms with Crippen LogP contribution in [0.25, 0.3) is 0 Å². The fraction of sp³-hybridized carbons (Fsp3) is 0.353. The Kier molecular flexibility index (Phi) is 4.68. The molecule has 1 aromatic heterocycles. The summed E-state index contributed by atoms with van der Waals surface area (Å²) in [7, 11) is 0. The number of rotatable bonds is 4. The van der Waals surface area contributed by atoms with Crippen molar-refractivity contribution in [2.75, 3.05) is 13.1 Å². The third kappa shape index (κ3) is 3.51. The van der Waals surface area contributed by atoms with Crippen molar-refractivity contribution < 1.29 is 5.11 Å². The molecule has 1 aliphatic heterocycles. The first-order valence-electron chi connectivity index (χ1n) is 7.31. The lowest BCUT2D eigenvalue weighted by Crippen LogP contribution is -2.28. The van der Waals surface area contributed by atoms with E-state index in [0.29, 0.717) is 12.6 Å². The van der Waals surface area contributed by atoms with E-state index in [1.54, 1.807) is 0 Å². The van der Waals surface area contributed by atoms with Gasteiger partial charge in [-0.3, -0.25) is 9.88 Å². The zero-order valence-corrected chi connectivity index (χ0v) is 13.4. The lowest BCUT2D eigenvalue weighted by molar-refractivity contribution is 0.106. The van der Waals surface area contributed by atoms with Crippen LogP contribution in [-0.4, -0.2) is 28.1 Å². The van der Waals surface area contributed by atoms with Gasteiger partial charge in [-0.2, -0.15) is 0 Å². The highest BCUT2D eigenvalue weighted by atomic mass is 79.9. The van der Waals surface area contributed by atoms with Crippen molar-refractivity contribution in [2.45, 2.75) is 25.0 Å². The van der Waals surface area contributed by atoms with E-state index >= 15 is 0 Å². The Morgan fingerprint density at radius 3 is 2.62 bits per heavy atom. The second-order valence-electron chi connectivity index (χ2n) is 5.50. The van der Waals surface area contributed by atoms with Crippen LogP contribution in [-0.2, 0) is 0 Å². The number of pyridine rings is 1. The zero-order valence-electron chi connectivity index (χ0n) is 11.8. The number of halogens is 1. The molecule has 2 unspecified atom stereocenters. The average molecular weight is 347 g/mol. The molecule has 1 aromatic carbocycles. The fourth-order valence-corrected chi connectivity index (χ4v) is 3.28. The molecule has 2 heterocycles. The van der Waals surface area contributed by atoms with Gasteiger partial charge in [0, 0.05) is 29.5 Å². The number of aromatic nitrogens is 1. The van der Waals surface area contributed by atoms with Crippen molar-refractivity contribution in [3.8, 4) is 0 Å². The topological polar surface area (TPSA) is 36.4 Å². The Labute approximate surface area is 133 Å². The van der Waals surface area contributed by atoms with Crippen molar-refractivity contribution in [1.29, 1.82) is 0 Å². The molecular formula is C17H19BrN2O. The van der Waals surface area contributed by atoms with Gasteiger partial charge in [-0.15, -0.1) is 0 Å². The second-order valence-corrected chi connectivity index (χ2v) is 6.42. The molecule has 2 atom stereocenters. The van der Waals surface area contributed by atoms with Crippen LogP contribution in [0.5, 0.6) is 0 Å². The summed E-state index contributed by atoms with van der Waals surface area (Å²) in [6, 6.07) is 12.5. The van der Waals surface area contributed by atoms with E-state index in [2.05, 4.69) is 37.9 Å². The van der Waals surface area contributed by atoms with Gasteiger partial charge in [0.15, 0.2) is 0 Å². The van der Waals surface area contributed by atoms with Crippen molar-refractivity contribution in [3.05, 3.63) is 64.4 Å². The maximum Gasteiger partial charge on any atom is 0.0917 e. The van der Waals surface area contributed by atoms with Crippen LogP contribution in [0, 0.1) is 0 Å². The minimum atomic E-state index is -0.444. The number of hydrogen-bond donors (Lipinski definition) is 1. The minimum absolute atomic E-state index is 0.401. The number of likely N-dealkylation sites (tertiary alicyclic amines) is 1. The zero-order chi connectivity index (χ0) is 14.7. The molecule has 0 radical (unpaired) electrons. The van der Waals surface area contributed by atoms with Gasteiger partial charge in [0.1, 0.15) is 0 Å². The molecule has 3 nitrogen and oxygen atoms in total. The van der Waals surface area contributed by atoms with E-state index in [1.807, 2.05) is 36.7 Å². The number of benzene rings is 1. The molecule has 110 valence electrons. The Balaban J connectivity index is 1.70. The summed E-state index contributed by atoms with van der Waals surface area (Å²) >= 11 is 3.42. The highest BCUT2D eigenvalue weighted by molar-refractivity contribution is 9.10. The second kappa shape index (κ2) is 6.69. The SMILES string of the molecule is OC(CN1CCCC1c1ccncc1)c1ccc(Br)cc1. The van der Waals surface area contributed by atoms with Crippen LogP contribution < -0.4 is 0 Å². The Hall–Kier alpha value is -1.23. The monoisotopic (exact) mass is 346 g/mol. The van der Waals surface area contributed by atoms with Crippen LogP contribution in [0.3, 0.4) is 0 Å². The molecule has 0 saturated carbocycles. The van der Waals surface area contributed by atoms with Crippen LogP contribution in [0.1, 0.15) is 36.1 Å². The van der Waals surface area contributed by atoms with Gasteiger partial charge in [-0.25, -0.2) is 0 Å². The first kappa shape index (κ1) is 14.7. The van der Waals surface area contributed by atoms with E-state index < -0.39 is 6.10 Å². The first-order chi connectivity index (χ1) is 10.2. The molecule has 4 heteroatoms. The molecule has 1 saturated heterocycles. The summed E-state index contributed by atoms with van der Waals surface area (Å²) in [5.74, 6) is 0. The van der Waals surface area contributed by atoms with Crippen LogP contribution in [0.4, 0.5) is 0 Å². The largest absolute Gasteiger partial charge is 0.387 e. The number of nitrogens with zero attached hydrogens (tertiary/aromatic N) is 2. The summed E-state index contributed by atoms with van der Waals surface area (Å²) in [5, 5.41) is 10.5. The third-order valence-corrected chi connectivity index (χ3v) is 4.65. The Morgan fingerprint density at radius 1 is 1.19 bits per heavy atom. The molecule has 0 aliphatic carbocycles. The smallest absolute Gasteiger partial charge is 0.0917 e. The summed E-state index contributed by atoms with van der Waals surface area (Å²) in [4.78, 5) is 6.46. The minimum Gasteiger partial charge on any atom is -0.387 e. The molecular weight excluding hydrogens is 328 g/mol. The van der Waals surface area contributed by atoms with Crippen LogP contribution in [0.15, 0.2) is 53.3 Å². The van der Waals surface area contributed by atoms with Gasteiger partial charge in [-0.1, -0.05) is 28.1 Å². The average Bonchev–Trinajstić information content (AvgIpc) is 2.97. The van der Waals surface area contributed by atoms with E-state index in [0.717, 1.165) is 23.0 Å². The normalized spacial score (nSPS) is 20.6. The number of β-amino-alcohol motifs (C(OH)–C–C–N with tert-alkyl or cyclic N) is 1. The predicted molar refractivity (Wildman–Crippen MR) is 86.9 cm³/mol. The lowest BCUT2D eigenvalue weighted by atomic mass is 10.0. The van der Waals surface area contributed by atoms with Gasteiger partial charge in [0.25, 0.3) is 0 Å². The van der Waals surface area contributed by atoms with E-state index in [-0.39, 0.29) is 0 Å². The molecule has 1 fully saturated rings. The molecule has 1 aliphatic rings. The fourth-order valence-electron chi connectivity index (χ4n) is 3.02. The summed E-state index contributed by atoms with van der Waals surface area (Å²) in [5.41, 5.74) is 2.27.